The Labute approximate surface area is 263 Å². The van der Waals surface area contributed by atoms with Crippen molar-refractivity contribution in [1.29, 1.82) is 0 Å². The van der Waals surface area contributed by atoms with E-state index in [0.717, 1.165) is 0 Å². The van der Waals surface area contributed by atoms with Gasteiger partial charge in [0.25, 0.3) is 0 Å². The van der Waals surface area contributed by atoms with Gasteiger partial charge >= 0.3 is 13.5 Å². The molecule has 5 aromatic rings. The van der Waals surface area contributed by atoms with E-state index in [1.807, 2.05) is 0 Å². The highest BCUT2D eigenvalue weighted by atomic mass is 32.7. The fourth-order valence-corrected chi connectivity index (χ4v) is 7.53. The summed E-state index contributed by atoms with van der Waals surface area (Å²) in [5, 5.41) is 0. The zero-order chi connectivity index (χ0) is 31.5. The van der Waals surface area contributed by atoms with Crippen molar-refractivity contribution in [3.05, 3.63) is 37.7 Å². The lowest BCUT2D eigenvalue weighted by atomic mass is 9.70. The van der Waals surface area contributed by atoms with Crippen LogP contribution in [0.5, 0.6) is 0 Å². The van der Waals surface area contributed by atoms with Crippen LogP contribution in [0.4, 0.5) is 10.2 Å². The van der Waals surface area contributed by atoms with Crippen LogP contribution in [-0.2, 0) is 34.7 Å². The van der Waals surface area contributed by atoms with Gasteiger partial charge < -0.3 is 33.9 Å². The minimum atomic E-state index is -4.00. The number of rotatable bonds is 11. The predicted molar refractivity (Wildman–Crippen MR) is 163 cm³/mol. The van der Waals surface area contributed by atoms with Gasteiger partial charge in [0.15, 0.2) is 28.3 Å². The molecule has 1 aliphatic carbocycles. The highest BCUT2D eigenvalue weighted by Crippen LogP contribution is 2.56. The number of nitrogens with two attached hydrogens (primary N) is 1. The van der Waals surface area contributed by atoms with Gasteiger partial charge in [-0.1, -0.05) is 12.2 Å². The van der Waals surface area contributed by atoms with Crippen molar-refractivity contribution in [2.75, 3.05) is 25.6 Å². The number of imidazole rings is 3. The number of fused-ring (bicyclic) bond motifs is 4. The second kappa shape index (κ2) is 11.9. The molecule has 6 heterocycles. The van der Waals surface area contributed by atoms with Crippen LogP contribution < -0.4 is 5.73 Å². The number of alkyl halides is 1. The monoisotopic (exact) mass is 700 g/mol. The third-order valence-electron chi connectivity index (χ3n) is 8.10. The molecule has 45 heavy (non-hydrogen) atoms. The second-order valence-electron chi connectivity index (χ2n) is 10.8. The van der Waals surface area contributed by atoms with E-state index in [2.05, 4.69) is 54.0 Å². The first-order valence-electron chi connectivity index (χ1n) is 13.7. The van der Waals surface area contributed by atoms with E-state index in [9.17, 15) is 14.4 Å². The van der Waals surface area contributed by atoms with Crippen LogP contribution in [0.2, 0.25) is 0 Å². The summed E-state index contributed by atoms with van der Waals surface area (Å²) in [6.45, 7) is -8.47. The molecule has 1 aliphatic heterocycles. The molecule has 7 atom stereocenters. The molecular weight excluding hydrogens is 673 g/mol. The Bertz CT molecular complexity index is 1970. The molecule has 0 aromatic carbocycles. The summed E-state index contributed by atoms with van der Waals surface area (Å²) in [5.74, 6) is -0.401. The van der Waals surface area contributed by atoms with E-state index in [-0.39, 0.29) is 49.9 Å². The molecule has 1 saturated heterocycles. The quantitative estimate of drug-likeness (QED) is 0.115. The Morgan fingerprint density at radius 2 is 1.73 bits per heavy atom. The highest BCUT2D eigenvalue weighted by Gasteiger charge is 2.45. The van der Waals surface area contributed by atoms with Crippen molar-refractivity contribution >= 4 is 71.4 Å². The van der Waals surface area contributed by atoms with Gasteiger partial charge in [-0.15, -0.1) is 0 Å². The highest BCUT2D eigenvalue weighted by molar-refractivity contribution is 8.44. The van der Waals surface area contributed by atoms with Gasteiger partial charge in [0.05, 0.1) is 32.5 Å². The third kappa shape index (κ3) is 6.12. The summed E-state index contributed by atoms with van der Waals surface area (Å²) in [6, 6.07) is -0.252. The van der Waals surface area contributed by atoms with Crippen molar-refractivity contribution < 1.29 is 37.1 Å². The SMILES string of the molecule is Nc1ncnc2c1ncn2[C@@H]1C[C@H](COP(O)(O)=S)[C@H]1COP(=O)(S)OC[C@H]1O[C@@H](n2cnc3c2ncn2ccnc32)C[C@@H]1F. The number of ether oxygens (including phenoxy) is 1. The lowest BCUT2D eigenvalue weighted by Gasteiger charge is -2.45. The van der Waals surface area contributed by atoms with Crippen LogP contribution in [0.3, 0.4) is 0 Å². The Kier molecular flexibility index (Phi) is 8.17. The Morgan fingerprint density at radius 1 is 0.978 bits per heavy atom. The van der Waals surface area contributed by atoms with Gasteiger partial charge in [0, 0.05) is 30.8 Å². The number of aromatic nitrogens is 9. The minimum absolute atomic E-state index is 0.000400. The molecule has 0 spiro atoms. The van der Waals surface area contributed by atoms with Crippen molar-refractivity contribution in [3.63, 3.8) is 0 Å². The van der Waals surface area contributed by atoms with Gasteiger partial charge in [0.1, 0.15) is 36.7 Å². The fraction of sp³-hybridized carbons (Fsp3) is 0.478. The van der Waals surface area contributed by atoms with Crippen LogP contribution in [0.1, 0.15) is 25.1 Å². The molecule has 2 fully saturated rings. The molecule has 0 radical (unpaired) electrons. The van der Waals surface area contributed by atoms with Crippen LogP contribution >= 0.6 is 25.8 Å². The first kappa shape index (κ1) is 31.0. The maximum atomic E-state index is 15.1. The number of anilines is 1. The molecule has 1 unspecified atom stereocenters. The number of thiol groups is 1. The second-order valence-corrected chi connectivity index (χ2v) is 16.4. The van der Waals surface area contributed by atoms with E-state index >= 15 is 4.39 Å². The van der Waals surface area contributed by atoms with Gasteiger partial charge in [-0.3, -0.25) is 13.5 Å². The summed E-state index contributed by atoms with van der Waals surface area (Å²) in [6.07, 6.45) is 6.68. The number of halogens is 1. The molecule has 5 aromatic heterocycles. The summed E-state index contributed by atoms with van der Waals surface area (Å²) in [5.41, 5.74) is 8.49. The summed E-state index contributed by atoms with van der Waals surface area (Å²) >= 11 is 8.69. The minimum Gasteiger partial charge on any atom is -0.382 e. The molecule has 0 amide bonds. The lowest BCUT2D eigenvalue weighted by Crippen LogP contribution is -2.43. The molecule has 22 heteroatoms. The molecule has 1 saturated carbocycles. The lowest BCUT2D eigenvalue weighted by molar-refractivity contribution is -0.0320. The zero-order valence-corrected chi connectivity index (χ0v) is 26.6. The molecule has 0 bridgehead atoms. The molecule has 240 valence electrons. The number of nitrogens with zero attached hydrogens (tertiary/aromatic N) is 9. The Morgan fingerprint density at radius 3 is 2.56 bits per heavy atom. The maximum absolute atomic E-state index is 15.1. The molecular formula is C23H27FN10O7P2S2. The molecule has 4 N–H and O–H groups in total. The van der Waals surface area contributed by atoms with Crippen LogP contribution in [0.15, 0.2) is 37.7 Å². The van der Waals surface area contributed by atoms with E-state index in [1.165, 1.54) is 12.7 Å². The van der Waals surface area contributed by atoms with E-state index < -0.39 is 32.0 Å². The Balaban J connectivity index is 1.00. The maximum Gasteiger partial charge on any atom is 0.386 e. The van der Waals surface area contributed by atoms with E-state index in [1.54, 1.807) is 38.6 Å². The normalized spacial score (nSPS) is 26.9. The van der Waals surface area contributed by atoms with Gasteiger partial charge in [-0.05, 0) is 24.1 Å². The van der Waals surface area contributed by atoms with Crippen molar-refractivity contribution in [1.82, 2.24) is 43.4 Å². The Hall–Kier alpha value is -2.64. The topological polar surface area (TPSA) is 212 Å². The van der Waals surface area contributed by atoms with E-state index in [4.69, 9.17) is 24.0 Å². The molecule has 17 nitrogen and oxygen atoms in total. The summed E-state index contributed by atoms with van der Waals surface area (Å²) in [4.78, 5) is 44.7. The summed E-state index contributed by atoms with van der Waals surface area (Å²) < 4.78 is 55.5. The van der Waals surface area contributed by atoms with Gasteiger partial charge in [-0.25, -0.2) is 38.9 Å². The van der Waals surface area contributed by atoms with Gasteiger partial charge in [0.2, 0.25) is 0 Å². The number of hydrogen-bond donors (Lipinski definition) is 4. The smallest absolute Gasteiger partial charge is 0.382 e. The van der Waals surface area contributed by atoms with Crippen molar-refractivity contribution in [2.24, 2.45) is 11.8 Å². The standard InChI is InChI=1S/C23H27FN10O7P2S2/c24-14-4-17(34-11-30-19-21-26-1-2-32(21)9-31-23(19)34)41-16(14)7-40-43(37,45)39-6-13-12(5-38-42(35,36)44)3-15(13)33-10-29-18-20(25)27-8-28-22(18)33/h1-2,8-17H,3-7H2,(H,37,45)(H2,25,27,28)(H2,35,36,44)/t12-,13-,14+,15-,16-,17-,43?/m1/s1. The fourth-order valence-electron chi connectivity index (χ4n) is 5.79. The van der Waals surface area contributed by atoms with Crippen molar-refractivity contribution in [2.45, 2.75) is 37.4 Å². The largest absolute Gasteiger partial charge is 0.386 e. The van der Waals surface area contributed by atoms with Crippen LogP contribution in [-0.4, -0.2) is 85.3 Å². The van der Waals surface area contributed by atoms with Crippen LogP contribution in [0.25, 0.3) is 28.0 Å². The number of hydrogen-bond acceptors (Lipinski definition) is 13. The zero-order valence-electron chi connectivity index (χ0n) is 23.1. The van der Waals surface area contributed by atoms with Gasteiger partial charge in [-0.2, -0.15) is 0 Å². The predicted octanol–water partition coefficient (Wildman–Crippen LogP) is 2.60. The van der Waals surface area contributed by atoms with E-state index in [0.29, 0.717) is 34.4 Å². The number of nitrogen functional groups attached to an aromatic ring is 1. The first-order valence-corrected chi connectivity index (χ1v) is 19.0. The molecule has 2 aliphatic rings. The first-order chi connectivity index (χ1) is 21.5. The average Bonchev–Trinajstić information content (AvgIpc) is 3.76. The van der Waals surface area contributed by atoms with Crippen LogP contribution in [0, 0.1) is 11.8 Å². The summed E-state index contributed by atoms with van der Waals surface area (Å²) in [7, 11) is 0. The van der Waals surface area contributed by atoms with Crippen molar-refractivity contribution in [3.8, 4) is 0 Å². The third-order valence-corrected chi connectivity index (χ3v) is 10.5. The molecule has 7 rings (SSSR count). The average molecular weight is 701 g/mol.